The minimum Gasteiger partial charge on any atom is -0.396 e. The highest BCUT2D eigenvalue weighted by molar-refractivity contribution is 5.78. The van der Waals surface area contributed by atoms with Crippen LogP contribution in [0.1, 0.15) is 46.0 Å². The van der Waals surface area contributed by atoms with Crippen LogP contribution in [0.4, 0.5) is 0 Å². The molecule has 2 heteroatoms. The van der Waals surface area contributed by atoms with Crippen LogP contribution in [0.2, 0.25) is 0 Å². The number of hydrogen-bond donors (Lipinski definition) is 1. The van der Waals surface area contributed by atoms with E-state index in [9.17, 15) is 4.79 Å². The van der Waals surface area contributed by atoms with Crippen molar-refractivity contribution in [1.82, 2.24) is 0 Å². The molecule has 0 spiro atoms. The Morgan fingerprint density at radius 3 is 2.42 bits per heavy atom. The summed E-state index contributed by atoms with van der Waals surface area (Å²) in [6, 6.07) is 0. The molecule has 0 aliphatic rings. The van der Waals surface area contributed by atoms with Gasteiger partial charge in [-0.25, -0.2) is 0 Å². The van der Waals surface area contributed by atoms with Gasteiger partial charge in [0.2, 0.25) is 0 Å². The van der Waals surface area contributed by atoms with E-state index in [0.717, 1.165) is 32.1 Å². The predicted molar refractivity (Wildman–Crippen MR) is 50.0 cm³/mol. The molecule has 12 heavy (non-hydrogen) atoms. The van der Waals surface area contributed by atoms with E-state index < -0.39 is 0 Å². The standard InChI is InChI=1S/C10H20O2/c1-3-10(9(2)12)7-5-4-6-8-11/h10-11H,3-8H2,1-2H3. The molecule has 1 atom stereocenters. The fourth-order valence-corrected chi connectivity index (χ4v) is 1.37. The molecule has 0 fully saturated rings. The number of aliphatic hydroxyl groups is 1. The number of unbranched alkanes of at least 4 members (excludes halogenated alkanes) is 2. The third kappa shape index (κ3) is 5.30. The first-order valence-electron chi connectivity index (χ1n) is 4.83. The van der Waals surface area contributed by atoms with Gasteiger partial charge < -0.3 is 5.11 Å². The Morgan fingerprint density at radius 1 is 1.33 bits per heavy atom. The van der Waals surface area contributed by atoms with Crippen molar-refractivity contribution in [2.24, 2.45) is 5.92 Å². The molecule has 2 nitrogen and oxygen atoms in total. The summed E-state index contributed by atoms with van der Waals surface area (Å²) in [7, 11) is 0. The average Bonchev–Trinajstić information content (AvgIpc) is 2.04. The fraction of sp³-hybridized carbons (Fsp3) is 0.900. The normalized spacial score (nSPS) is 12.9. The molecule has 0 aromatic heterocycles. The molecule has 0 aliphatic carbocycles. The second kappa shape index (κ2) is 7.29. The van der Waals surface area contributed by atoms with Crippen LogP contribution in [0.3, 0.4) is 0 Å². The molecular formula is C10H20O2. The van der Waals surface area contributed by atoms with E-state index in [1.165, 1.54) is 0 Å². The molecule has 0 radical (unpaired) electrons. The van der Waals surface area contributed by atoms with Gasteiger partial charge >= 0.3 is 0 Å². The van der Waals surface area contributed by atoms with E-state index in [1.807, 2.05) is 0 Å². The van der Waals surface area contributed by atoms with Crippen LogP contribution in [-0.2, 0) is 4.79 Å². The fourth-order valence-electron chi connectivity index (χ4n) is 1.37. The third-order valence-electron chi connectivity index (χ3n) is 2.28. The van der Waals surface area contributed by atoms with Crippen molar-refractivity contribution in [3.8, 4) is 0 Å². The van der Waals surface area contributed by atoms with Gasteiger partial charge in [0.15, 0.2) is 0 Å². The Morgan fingerprint density at radius 2 is 2.00 bits per heavy atom. The molecule has 1 unspecified atom stereocenters. The van der Waals surface area contributed by atoms with E-state index >= 15 is 0 Å². The van der Waals surface area contributed by atoms with Crippen molar-refractivity contribution in [2.45, 2.75) is 46.0 Å². The van der Waals surface area contributed by atoms with Gasteiger partial charge in [0.25, 0.3) is 0 Å². The summed E-state index contributed by atoms with van der Waals surface area (Å²) in [6.07, 6.45) is 4.92. The van der Waals surface area contributed by atoms with Crippen LogP contribution < -0.4 is 0 Å². The Balaban J connectivity index is 3.38. The number of aliphatic hydroxyl groups excluding tert-OH is 1. The van der Waals surface area contributed by atoms with Gasteiger partial charge in [0.05, 0.1) is 0 Å². The van der Waals surface area contributed by atoms with Crippen molar-refractivity contribution in [2.75, 3.05) is 6.61 Å². The summed E-state index contributed by atoms with van der Waals surface area (Å²) >= 11 is 0. The minimum atomic E-state index is 0.253. The third-order valence-corrected chi connectivity index (χ3v) is 2.28. The van der Waals surface area contributed by atoms with Gasteiger partial charge in [-0.2, -0.15) is 0 Å². The lowest BCUT2D eigenvalue weighted by Gasteiger charge is -2.09. The lowest BCUT2D eigenvalue weighted by Crippen LogP contribution is -2.09. The summed E-state index contributed by atoms with van der Waals surface area (Å²) < 4.78 is 0. The molecular weight excluding hydrogens is 152 g/mol. The molecule has 72 valence electrons. The molecule has 0 aromatic rings. The highest BCUT2D eigenvalue weighted by atomic mass is 16.2. The molecule has 0 rings (SSSR count). The number of Topliss-reactive ketones (excluding diaryl/α,β-unsaturated/α-hetero) is 1. The number of hydrogen-bond acceptors (Lipinski definition) is 2. The summed E-state index contributed by atoms with van der Waals surface area (Å²) in [4.78, 5) is 11.0. The Bertz CT molecular complexity index is 121. The van der Waals surface area contributed by atoms with Gasteiger partial charge in [-0.3, -0.25) is 4.79 Å². The van der Waals surface area contributed by atoms with Crippen molar-refractivity contribution in [3.63, 3.8) is 0 Å². The molecule has 0 aliphatic heterocycles. The number of ketones is 1. The maximum Gasteiger partial charge on any atom is 0.132 e. The summed E-state index contributed by atoms with van der Waals surface area (Å²) in [6.45, 7) is 4.00. The van der Waals surface area contributed by atoms with Crippen LogP contribution in [0.25, 0.3) is 0 Å². The van der Waals surface area contributed by atoms with Crippen molar-refractivity contribution in [3.05, 3.63) is 0 Å². The highest BCUT2D eigenvalue weighted by Gasteiger charge is 2.10. The number of rotatable bonds is 7. The molecule has 1 N–H and O–H groups in total. The second-order valence-corrected chi connectivity index (χ2v) is 3.29. The van der Waals surface area contributed by atoms with E-state index in [2.05, 4.69) is 6.92 Å². The van der Waals surface area contributed by atoms with Crippen molar-refractivity contribution in [1.29, 1.82) is 0 Å². The lowest BCUT2D eigenvalue weighted by atomic mass is 9.95. The largest absolute Gasteiger partial charge is 0.396 e. The second-order valence-electron chi connectivity index (χ2n) is 3.29. The molecule has 0 heterocycles. The van der Waals surface area contributed by atoms with Crippen LogP contribution in [0.5, 0.6) is 0 Å². The van der Waals surface area contributed by atoms with Crippen molar-refractivity contribution < 1.29 is 9.90 Å². The molecule has 0 saturated heterocycles. The minimum absolute atomic E-state index is 0.253. The predicted octanol–water partition coefficient (Wildman–Crippen LogP) is 2.15. The van der Waals surface area contributed by atoms with Gasteiger partial charge in [0, 0.05) is 12.5 Å². The summed E-state index contributed by atoms with van der Waals surface area (Å²) in [5.74, 6) is 0.560. The summed E-state index contributed by atoms with van der Waals surface area (Å²) in [5, 5.41) is 8.53. The zero-order valence-electron chi connectivity index (χ0n) is 8.18. The first kappa shape index (κ1) is 11.6. The highest BCUT2D eigenvalue weighted by Crippen LogP contribution is 2.13. The maximum absolute atomic E-state index is 11.0. The molecule has 0 aromatic carbocycles. The Hall–Kier alpha value is -0.370. The Labute approximate surface area is 75.0 Å². The van der Waals surface area contributed by atoms with E-state index in [1.54, 1.807) is 6.92 Å². The van der Waals surface area contributed by atoms with Crippen LogP contribution in [-0.4, -0.2) is 17.5 Å². The van der Waals surface area contributed by atoms with E-state index in [4.69, 9.17) is 5.11 Å². The van der Waals surface area contributed by atoms with Crippen molar-refractivity contribution >= 4 is 5.78 Å². The topological polar surface area (TPSA) is 37.3 Å². The first-order valence-corrected chi connectivity index (χ1v) is 4.83. The smallest absolute Gasteiger partial charge is 0.132 e. The SMILES string of the molecule is CCC(CCCCCO)C(C)=O. The zero-order valence-corrected chi connectivity index (χ0v) is 8.18. The Kier molecular flexibility index (Phi) is 7.06. The van der Waals surface area contributed by atoms with Gasteiger partial charge in [-0.1, -0.05) is 19.8 Å². The first-order chi connectivity index (χ1) is 5.72. The molecule has 0 amide bonds. The quantitative estimate of drug-likeness (QED) is 0.597. The van der Waals surface area contributed by atoms with E-state index in [-0.39, 0.29) is 12.5 Å². The average molecular weight is 172 g/mol. The lowest BCUT2D eigenvalue weighted by molar-refractivity contribution is -0.121. The van der Waals surface area contributed by atoms with Gasteiger partial charge in [-0.15, -0.1) is 0 Å². The van der Waals surface area contributed by atoms with Crippen LogP contribution in [0.15, 0.2) is 0 Å². The number of carbonyl (C=O) groups excluding carboxylic acids is 1. The van der Waals surface area contributed by atoms with Crippen LogP contribution in [0, 0.1) is 5.92 Å². The maximum atomic E-state index is 11.0. The number of carbonyl (C=O) groups is 1. The van der Waals surface area contributed by atoms with Gasteiger partial charge in [-0.05, 0) is 26.2 Å². The zero-order chi connectivity index (χ0) is 9.40. The summed E-state index contributed by atoms with van der Waals surface area (Å²) in [5.41, 5.74) is 0. The molecule has 0 saturated carbocycles. The monoisotopic (exact) mass is 172 g/mol. The van der Waals surface area contributed by atoms with E-state index in [0.29, 0.717) is 5.78 Å². The molecule has 0 bridgehead atoms. The van der Waals surface area contributed by atoms with Crippen LogP contribution >= 0.6 is 0 Å². The van der Waals surface area contributed by atoms with Gasteiger partial charge in [0.1, 0.15) is 5.78 Å².